The monoisotopic (exact) mass is 270 g/mol. The van der Waals surface area contributed by atoms with Crippen molar-refractivity contribution in [1.82, 2.24) is 0 Å². The fraction of sp³-hybridized carbons (Fsp3) is 0.800. The third-order valence-electron chi connectivity index (χ3n) is 3.42. The van der Waals surface area contributed by atoms with Crippen LogP contribution in [-0.4, -0.2) is 35.0 Å². The molecule has 0 aromatic rings. The molecule has 2 unspecified atom stereocenters. The second-order valence-electron chi connectivity index (χ2n) is 6.33. The predicted molar refractivity (Wildman–Crippen MR) is 73.8 cm³/mol. The van der Waals surface area contributed by atoms with Crippen LogP contribution < -0.4 is 0 Å². The van der Waals surface area contributed by atoms with Crippen LogP contribution in [0.4, 0.5) is 0 Å². The summed E-state index contributed by atoms with van der Waals surface area (Å²) in [4.78, 5) is 11.7. The summed E-state index contributed by atoms with van der Waals surface area (Å²) in [6, 6.07) is 0. The minimum absolute atomic E-state index is 0.227. The molecule has 4 heteroatoms. The molecule has 19 heavy (non-hydrogen) atoms. The van der Waals surface area contributed by atoms with Crippen LogP contribution in [0, 0.1) is 0 Å². The molecule has 1 fully saturated rings. The highest BCUT2D eigenvalue weighted by atomic mass is 16.6. The molecule has 0 amide bonds. The molecule has 0 spiro atoms. The summed E-state index contributed by atoms with van der Waals surface area (Å²) in [6.45, 7) is 10.8. The van der Waals surface area contributed by atoms with Crippen molar-refractivity contribution in [1.29, 1.82) is 0 Å². The van der Waals surface area contributed by atoms with Crippen molar-refractivity contribution in [2.24, 2.45) is 0 Å². The zero-order valence-corrected chi connectivity index (χ0v) is 12.5. The molecule has 110 valence electrons. The van der Waals surface area contributed by atoms with E-state index < -0.39 is 11.2 Å². The highest BCUT2D eigenvalue weighted by Gasteiger charge is 2.41. The molecule has 0 radical (unpaired) electrons. The Hall–Kier alpha value is -0.870. The average molecular weight is 270 g/mol. The number of hydrogen-bond donors (Lipinski definition) is 1. The lowest BCUT2D eigenvalue weighted by molar-refractivity contribution is -0.187. The van der Waals surface area contributed by atoms with Crippen LogP contribution in [0.25, 0.3) is 0 Å². The van der Waals surface area contributed by atoms with Crippen molar-refractivity contribution in [3.8, 4) is 0 Å². The molecule has 0 heterocycles. The van der Waals surface area contributed by atoms with E-state index in [1.54, 1.807) is 20.8 Å². The maximum atomic E-state index is 11.7. The summed E-state index contributed by atoms with van der Waals surface area (Å²) < 4.78 is 11.4. The van der Waals surface area contributed by atoms with E-state index in [1.807, 2.05) is 6.92 Å². The molecule has 1 aliphatic carbocycles. The van der Waals surface area contributed by atoms with Crippen molar-refractivity contribution >= 4 is 5.97 Å². The van der Waals surface area contributed by atoms with Crippen LogP contribution in [0.1, 0.15) is 53.4 Å². The number of aliphatic hydroxyl groups is 1. The summed E-state index contributed by atoms with van der Waals surface area (Å²) in [5.41, 5.74) is -1.01. The average Bonchev–Trinajstić information content (AvgIpc) is 2.29. The Bertz CT molecular complexity index is 343. The van der Waals surface area contributed by atoms with Gasteiger partial charge in [0, 0.05) is 5.57 Å². The molecule has 4 nitrogen and oxygen atoms in total. The number of carbonyl (C=O) groups is 1. The zero-order valence-electron chi connectivity index (χ0n) is 12.5. The van der Waals surface area contributed by atoms with Crippen LogP contribution in [0.3, 0.4) is 0 Å². The Morgan fingerprint density at radius 1 is 1.47 bits per heavy atom. The van der Waals surface area contributed by atoms with Gasteiger partial charge in [-0.2, -0.15) is 0 Å². The summed E-state index contributed by atoms with van der Waals surface area (Å²) in [5.74, 6) is -0.370. The lowest BCUT2D eigenvalue weighted by atomic mass is 9.83. The summed E-state index contributed by atoms with van der Waals surface area (Å²) in [5, 5.41) is 9.77. The molecule has 2 atom stereocenters. The molecule has 0 aromatic heterocycles. The maximum Gasteiger partial charge on any atom is 0.333 e. The number of esters is 1. The minimum atomic E-state index is -0.886. The molecule has 1 aliphatic rings. The van der Waals surface area contributed by atoms with Crippen molar-refractivity contribution in [3.63, 3.8) is 0 Å². The molecule has 0 aliphatic heterocycles. The molecule has 1 rings (SSSR count). The van der Waals surface area contributed by atoms with E-state index in [0.29, 0.717) is 5.57 Å². The third kappa shape index (κ3) is 4.96. The van der Waals surface area contributed by atoms with Gasteiger partial charge in [-0.3, -0.25) is 0 Å². The lowest BCUT2D eigenvalue weighted by Crippen LogP contribution is -2.49. The Morgan fingerprint density at radius 2 is 2.11 bits per heavy atom. The first kappa shape index (κ1) is 16.2. The standard InChI is InChI=1S/C15H26O4/c1-11(2)13(16)19-12-8-6-7-9-15(12,5)18-10-14(3,4)17/h12,17H,1,6-10H2,2-5H3. The number of ether oxygens (including phenoxy) is 2. The van der Waals surface area contributed by atoms with Gasteiger partial charge in [0.15, 0.2) is 0 Å². The van der Waals surface area contributed by atoms with E-state index in [9.17, 15) is 9.90 Å². The first-order valence-electron chi connectivity index (χ1n) is 6.87. The van der Waals surface area contributed by atoms with Gasteiger partial charge in [0.05, 0.1) is 12.2 Å². The fourth-order valence-corrected chi connectivity index (χ4v) is 2.19. The SMILES string of the molecule is C=C(C)C(=O)OC1CCCCC1(C)OCC(C)(C)O. The van der Waals surface area contributed by atoms with E-state index in [-0.39, 0.29) is 18.7 Å². The minimum Gasteiger partial charge on any atom is -0.456 e. The van der Waals surface area contributed by atoms with Gasteiger partial charge < -0.3 is 14.6 Å². The zero-order chi connectivity index (χ0) is 14.7. The van der Waals surface area contributed by atoms with Crippen LogP contribution in [-0.2, 0) is 14.3 Å². The highest BCUT2D eigenvalue weighted by Crippen LogP contribution is 2.34. The Morgan fingerprint density at radius 3 is 2.63 bits per heavy atom. The van der Waals surface area contributed by atoms with Crippen molar-refractivity contribution in [3.05, 3.63) is 12.2 Å². The number of carbonyl (C=O) groups excluding carboxylic acids is 1. The Labute approximate surface area is 115 Å². The van der Waals surface area contributed by atoms with E-state index in [1.165, 1.54) is 0 Å². The van der Waals surface area contributed by atoms with Gasteiger partial charge in [-0.25, -0.2) is 4.79 Å². The fourth-order valence-electron chi connectivity index (χ4n) is 2.19. The molecule has 0 saturated heterocycles. The molecule has 1 saturated carbocycles. The highest BCUT2D eigenvalue weighted by molar-refractivity contribution is 5.87. The van der Waals surface area contributed by atoms with Crippen molar-refractivity contribution in [2.45, 2.75) is 70.7 Å². The Kier molecular flexibility index (Phi) is 5.16. The Balaban J connectivity index is 2.70. The first-order chi connectivity index (χ1) is 8.64. The van der Waals surface area contributed by atoms with Crippen LogP contribution in [0.2, 0.25) is 0 Å². The molecule has 0 aromatic carbocycles. The van der Waals surface area contributed by atoms with Gasteiger partial charge in [0.1, 0.15) is 11.7 Å². The normalized spacial score (nSPS) is 27.9. The van der Waals surface area contributed by atoms with Crippen LogP contribution >= 0.6 is 0 Å². The summed E-state index contributed by atoms with van der Waals surface area (Å²) in [7, 11) is 0. The summed E-state index contributed by atoms with van der Waals surface area (Å²) in [6.07, 6.45) is 3.42. The smallest absolute Gasteiger partial charge is 0.333 e. The topological polar surface area (TPSA) is 55.8 Å². The molecular weight excluding hydrogens is 244 g/mol. The third-order valence-corrected chi connectivity index (χ3v) is 3.42. The first-order valence-corrected chi connectivity index (χ1v) is 6.87. The number of rotatable bonds is 5. The second-order valence-corrected chi connectivity index (χ2v) is 6.33. The number of hydrogen-bond acceptors (Lipinski definition) is 4. The van der Waals surface area contributed by atoms with Gasteiger partial charge in [-0.05, 0) is 47.0 Å². The van der Waals surface area contributed by atoms with Crippen LogP contribution in [0.15, 0.2) is 12.2 Å². The molecule has 1 N–H and O–H groups in total. The molecular formula is C15H26O4. The van der Waals surface area contributed by atoms with Gasteiger partial charge in [0.2, 0.25) is 0 Å². The van der Waals surface area contributed by atoms with E-state index in [2.05, 4.69) is 6.58 Å². The van der Waals surface area contributed by atoms with Crippen LogP contribution in [0.5, 0.6) is 0 Å². The lowest BCUT2D eigenvalue weighted by Gasteiger charge is -2.41. The molecule has 0 bridgehead atoms. The summed E-state index contributed by atoms with van der Waals surface area (Å²) >= 11 is 0. The van der Waals surface area contributed by atoms with Gasteiger partial charge in [-0.15, -0.1) is 0 Å². The van der Waals surface area contributed by atoms with Gasteiger partial charge in [-0.1, -0.05) is 13.0 Å². The quantitative estimate of drug-likeness (QED) is 0.616. The predicted octanol–water partition coefficient (Wildman–Crippen LogP) is 2.59. The van der Waals surface area contributed by atoms with E-state index in [4.69, 9.17) is 9.47 Å². The van der Waals surface area contributed by atoms with Gasteiger partial charge >= 0.3 is 5.97 Å². The van der Waals surface area contributed by atoms with E-state index in [0.717, 1.165) is 25.7 Å². The second kappa shape index (κ2) is 6.06. The largest absolute Gasteiger partial charge is 0.456 e. The van der Waals surface area contributed by atoms with Crippen molar-refractivity contribution < 1.29 is 19.4 Å². The van der Waals surface area contributed by atoms with E-state index >= 15 is 0 Å². The van der Waals surface area contributed by atoms with Gasteiger partial charge in [0.25, 0.3) is 0 Å². The van der Waals surface area contributed by atoms with Crippen molar-refractivity contribution in [2.75, 3.05) is 6.61 Å². The maximum absolute atomic E-state index is 11.7.